The highest BCUT2D eigenvalue weighted by Crippen LogP contribution is 2.33. The molecule has 0 aliphatic carbocycles. The summed E-state index contributed by atoms with van der Waals surface area (Å²) in [6.45, 7) is 3.45. The molecule has 38 heavy (non-hydrogen) atoms. The molecule has 0 bridgehead atoms. The first-order valence-electron chi connectivity index (χ1n) is 11.4. The van der Waals surface area contributed by atoms with Gasteiger partial charge in [0.1, 0.15) is 12.3 Å². The lowest BCUT2D eigenvalue weighted by molar-refractivity contribution is 0.0467. The predicted molar refractivity (Wildman–Crippen MR) is 135 cm³/mol. The Kier molecular flexibility index (Phi) is 6.13. The fourth-order valence-corrected chi connectivity index (χ4v) is 4.75. The molecule has 0 unspecified atom stereocenters. The van der Waals surface area contributed by atoms with Gasteiger partial charge >= 0.3 is 5.97 Å². The van der Waals surface area contributed by atoms with Crippen molar-refractivity contribution in [2.75, 3.05) is 4.90 Å². The number of para-hydroxylation sites is 1. The molecule has 0 spiro atoms. The van der Waals surface area contributed by atoms with E-state index in [0.717, 1.165) is 16.0 Å². The van der Waals surface area contributed by atoms with Crippen LogP contribution in [0.25, 0.3) is 5.69 Å². The minimum absolute atomic E-state index is 0.0396. The standard InChI is InChI=1S/C26H21N5O6S/c1-15-4-3-5-16(2)23(15)31-24(32)21-11-6-17(12-22(21)25(31)33)26(34)37-14-18-13-30(29-28-18)19-7-9-20(10-8-19)38(27,35)36/h3-13H,14H2,1-2H3,(H2,27,35,36). The highest BCUT2D eigenvalue weighted by Gasteiger charge is 2.38. The second-order valence-electron chi connectivity index (χ2n) is 8.72. The quantitative estimate of drug-likeness (QED) is 0.294. The van der Waals surface area contributed by atoms with Crippen molar-refractivity contribution in [3.8, 4) is 5.69 Å². The van der Waals surface area contributed by atoms with Gasteiger partial charge in [0, 0.05) is 0 Å². The first kappa shape index (κ1) is 25.0. The molecule has 2 heterocycles. The van der Waals surface area contributed by atoms with Crippen molar-refractivity contribution in [2.24, 2.45) is 5.14 Å². The topological polar surface area (TPSA) is 155 Å². The molecule has 0 atom stereocenters. The number of rotatable bonds is 6. The van der Waals surface area contributed by atoms with Crippen LogP contribution in [0.3, 0.4) is 0 Å². The number of carbonyl (C=O) groups is 3. The molecule has 4 aromatic rings. The smallest absolute Gasteiger partial charge is 0.338 e. The lowest BCUT2D eigenvalue weighted by Crippen LogP contribution is -2.30. The van der Waals surface area contributed by atoms with Gasteiger partial charge in [-0.25, -0.2) is 27.9 Å². The van der Waals surface area contributed by atoms with Crippen LogP contribution in [-0.2, 0) is 21.4 Å². The van der Waals surface area contributed by atoms with Crippen LogP contribution < -0.4 is 10.0 Å². The van der Waals surface area contributed by atoms with Crippen LogP contribution in [0, 0.1) is 13.8 Å². The monoisotopic (exact) mass is 531 g/mol. The summed E-state index contributed by atoms with van der Waals surface area (Å²) in [5.74, 6) is -1.66. The summed E-state index contributed by atoms with van der Waals surface area (Å²) < 4.78 is 29.5. The van der Waals surface area contributed by atoms with Crippen molar-refractivity contribution in [1.82, 2.24) is 15.0 Å². The Morgan fingerprint density at radius 3 is 2.26 bits per heavy atom. The van der Waals surface area contributed by atoms with Gasteiger partial charge in [-0.3, -0.25) is 9.59 Å². The van der Waals surface area contributed by atoms with E-state index in [-0.39, 0.29) is 28.2 Å². The first-order chi connectivity index (χ1) is 18.0. The zero-order valence-electron chi connectivity index (χ0n) is 20.3. The maximum Gasteiger partial charge on any atom is 0.338 e. The number of nitrogens with two attached hydrogens (primary N) is 1. The highest BCUT2D eigenvalue weighted by molar-refractivity contribution is 7.89. The number of aromatic nitrogens is 3. The Morgan fingerprint density at radius 1 is 0.947 bits per heavy atom. The third kappa shape index (κ3) is 4.46. The Morgan fingerprint density at radius 2 is 1.61 bits per heavy atom. The number of hydrogen-bond donors (Lipinski definition) is 1. The summed E-state index contributed by atoms with van der Waals surface area (Å²) in [5, 5.41) is 13.0. The lowest BCUT2D eigenvalue weighted by atomic mass is 10.1. The van der Waals surface area contributed by atoms with Gasteiger partial charge in [0.15, 0.2) is 0 Å². The maximum atomic E-state index is 13.2. The van der Waals surface area contributed by atoms with Crippen LogP contribution in [-0.4, -0.2) is 41.2 Å². The molecule has 0 fully saturated rings. The molecule has 2 N–H and O–H groups in total. The van der Waals surface area contributed by atoms with E-state index in [4.69, 9.17) is 9.88 Å². The number of nitrogens with zero attached hydrogens (tertiary/aromatic N) is 4. The molecular weight excluding hydrogens is 510 g/mol. The van der Waals surface area contributed by atoms with Gasteiger partial charge < -0.3 is 4.74 Å². The Bertz CT molecular complexity index is 1710. The van der Waals surface area contributed by atoms with Crippen molar-refractivity contribution in [3.05, 3.63) is 100 Å². The second kappa shape index (κ2) is 9.32. The minimum Gasteiger partial charge on any atom is -0.455 e. The molecular formula is C26H21N5O6S. The number of hydrogen-bond acceptors (Lipinski definition) is 8. The van der Waals surface area contributed by atoms with Gasteiger partial charge in [-0.15, -0.1) is 5.10 Å². The molecule has 1 aliphatic heterocycles. The molecule has 3 aromatic carbocycles. The molecule has 0 saturated carbocycles. The number of imide groups is 1. The van der Waals surface area contributed by atoms with E-state index in [2.05, 4.69) is 10.3 Å². The number of primary sulfonamides is 1. The molecule has 5 rings (SSSR count). The number of amides is 2. The van der Waals surface area contributed by atoms with E-state index in [1.165, 1.54) is 53.3 Å². The van der Waals surface area contributed by atoms with Gasteiger partial charge in [-0.1, -0.05) is 23.4 Å². The van der Waals surface area contributed by atoms with Crippen molar-refractivity contribution >= 4 is 33.5 Å². The Labute approximate surface area is 217 Å². The van der Waals surface area contributed by atoms with Crippen LogP contribution in [0.2, 0.25) is 0 Å². The van der Waals surface area contributed by atoms with Gasteiger partial charge in [-0.05, 0) is 67.4 Å². The third-order valence-electron chi connectivity index (χ3n) is 6.11. The largest absolute Gasteiger partial charge is 0.455 e. The van der Waals surface area contributed by atoms with Crippen LogP contribution in [0.15, 0.2) is 71.8 Å². The SMILES string of the molecule is Cc1cccc(C)c1N1C(=O)c2ccc(C(=O)OCc3cn(-c4ccc(S(N)(=O)=O)cc4)nn3)cc2C1=O. The Hall–Kier alpha value is -4.68. The zero-order valence-corrected chi connectivity index (χ0v) is 21.1. The second-order valence-corrected chi connectivity index (χ2v) is 10.3. The van der Waals surface area contributed by atoms with Crippen LogP contribution >= 0.6 is 0 Å². The van der Waals surface area contributed by atoms with E-state index in [1.807, 2.05) is 32.0 Å². The summed E-state index contributed by atoms with van der Waals surface area (Å²) in [6, 6.07) is 15.4. The van der Waals surface area contributed by atoms with E-state index in [9.17, 15) is 22.8 Å². The molecule has 1 aliphatic rings. The number of esters is 1. The molecule has 0 saturated heterocycles. The van der Waals surface area contributed by atoms with Crippen molar-refractivity contribution < 1.29 is 27.5 Å². The van der Waals surface area contributed by atoms with Gasteiger partial charge in [0.05, 0.1) is 39.2 Å². The molecule has 12 heteroatoms. The van der Waals surface area contributed by atoms with Crippen molar-refractivity contribution in [1.29, 1.82) is 0 Å². The van der Waals surface area contributed by atoms with Gasteiger partial charge in [0.2, 0.25) is 10.0 Å². The summed E-state index contributed by atoms with van der Waals surface area (Å²) in [7, 11) is -3.82. The zero-order chi connectivity index (χ0) is 27.2. The van der Waals surface area contributed by atoms with Crippen LogP contribution in [0.5, 0.6) is 0 Å². The summed E-state index contributed by atoms with van der Waals surface area (Å²) >= 11 is 0. The normalized spacial score (nSPS) is 13.1. The minimum atomic E-state index is -3.82. The average Bonchev–Trinajstić information content (AvgIpc) is 3.45. The highest BCUT2D eigenvalue weighted by atomic mass is 32.2. The van der Waals surface area contributed by atoms with E-state index < -0.39 is 27.8 Å². The molecule has 2 amide bonds. The predicted octanol–water partition coefficient (Wildman–Crippen LogP) is 2.69. The van der Waals surface area contributed by atoms with Gasteiger partial charge in [0.25, 0.3) is 11.8 Å². The van der Waals surface area contributed by atoms with Crippen LogP contribution in [0.1, 0.15) is 47.9 Å². The molecule has 0 radical (unpaired) electrons. The van der Waals surface area contributed by atoms with Gasteiger partial charge in [-0.2, -0.15) is 0 Å². The number of fused-ring (bicyclic) bond motifs is 1. The van der Waals surface area contributed by atoms with E-state index in [0.29, 0.717) is 17.1 Å². The maximum absolute atomic E-state index is 13.2. The molecule has 11 nitrogen and oxygen atoms in total. The fourth-order valence-electron chi connectivity index (χ4n) is 4.23. The number of aryl methyl sites for hydroxylation is 2. The summed E-state index contributed by atoms with van der Waals surface area (Å²) in [5.41, 5.74) is 3.41. The molecule has 192 valence electrons. The lowest BCUT2D eigenvalue weighted by Gasteiger charge is -2.19. The first-order valence-corrected chi connectivity index (χ1v) is 12.9. The number of benzene rings is 3. The van der Waals surface area contributed by atoms with E-state index >= 15 is 0 Å². The fraction of sp³-hybridized carbons (Fsp3) is 0.115. The number of ether oxygens (including phenoxy) is 1. The van der Waals surface area contributed by atoms with Crippen LogP contribution in [0.4, 0.5) is 5.69 Å². The number of anilines is 1. The number of sulfonamides is 1. The Balaban J connectivity index is 1.30. The van der Waals surface area contributed by atoms with E-state index in [1.54, 1.807) is 0 Å². The summed E-state index contributed by atoms with van der Waals surface area (Å²) in [6.07, 6.45) is 1.52. The third-order valence-corrected chi connectivity index (χ3v) is 7.04. The van der Waals surface area contributed by atoms with Crippen molar-refractivity contribution in [2.45, 2.75) is 25.3 Å². The number of carbonyl (C=O) groups excluding carboxylic acids is 3. The van der Waals surface area contributed by atoms with Crippen molar-refractivity contribution in [3.63, 3.8) is 0 Å². The molecule has 1 aromatic heterocycles. The average molecular weight is 532 g/mol. The summed E-state index contributed by atoms with van der Waals surface area (Å²) in [4.78, 5) is 40.0.